The molecule has 0 aliphatic carbocycles. The molecule has 5 heteroatoms. The summed E-state index contributed by atoms with van der Waals surface area (Å²) in [6, 6.07) is 7.15. The number of rotatable bonds is 5. The van der Waals surface area contributed by atoms with Crippen LogP contribution in [0.3, 0.4) is 0 Å². The van der Waals surface area contributed by atoms with E-state index in [-0.39, 0.29) is 5.91 Å². The Morgan fingerprint density at radius 2 is 2.31 bits per heavy atom. The third-order valence-corrected chi connectivity index (χ3v) is 2.23. The molecule has 16 heavy (non-hydrogen) atoms. The van der Waals surface area contributed by atoms with Crippen molar-refractivity contribution < 1.29 is 9.53 Å². The Kier molecular flexibility index (Phi) is 5.08. The first-order valence-corrected chi connectivity index (χ1v) is 5.37. The van der Waals surface area contributed by atoms with Crippen molar-refractivity contribution in [3.63, 3.8) is 0 Å². The molecule has 88 valence electrons. The highest BCUT2D eigenvalue weighted by atomic mass is 35.5. The van der Waals surface area contributed by atoms with Crippen LogP contribution >= 0.6 is 11.6 Å². The van der Waals surface area contributed by atoms with E-state index < -0.39 is 0 Å². The Morgan fingerprint density at radius 3 is 2.94 bits per heavy atom. The first-order valence-electron chi connectivity index (χ1n) is 4.99. The normalized spacial score (nSPS) is 9.94. The molecule has 0 aliphatic heterocycles. The smallest absolute Gasteiger partial charge is 0.236 e. The van der Waals surface area contributed by atoms with E-state index in [1.54, 1.807) is 12.1 Å². The predicted molar refractivity (Wildman–Crippen MR) is 63.1 cm³/mol. The Balaban J connectivity index is 2.23. The standard InChI is InChI=1S/C11H15ClN2O2/c1-14(13)11(15)6-3-7-16-10-5-2-4-9(12)8-10/h2,4-5,8H,3,6-7,13H2,1H3. The molecule has 0 spiro atoms. The van der Waals surface area contributed by atoms with Crippen molar-refractivity contribution in [1.82, 2.24) is 5.01 Å². The largest absolute Gasteiger partial charge is 0.494 e. The van der Waals surface area contributed by atoms with Crippen molar-refractivity contribution in [3.05, 3.63) is 29.3 Å². The van der Waals surface area contributed by atoms with Gasteiger partial charge in [-0.3, -0.25) is 9.80 Å². The van der Waals surface area contributed by atoms with Crippen LogP contribution in [0.1, 0.15) is 12.8 Å². The minimum Gasteiger partial charge on any atom is -0.494 e. The van der Waals surface area contributed by atoms with Crippen molar-refractivity contribution in [3.8, 4) is 5.75 Å². The minimum absolute atomic E-state index is 0.102. The highest BCUT2D eigenvalue weighted by Crippen LogP contribution is 2.17. The Bertz CT molecular complexity index is 356. The summed E-state index contributed by atoms with van der Waals surface area (Å²) >= 11 is 5.79. The maximum Gasteiger partial charge on any atom is 0.236 e. The number of hydrazine groups is 1. The fourth-order valence-corrected chi connectivity index (χ4v) is 1.33. The Hall–Kier alpha value is -1.26. The highest BCUT2D eigenvalue weighted by Gasteiger charge is 2.03. The summed E-state index contributed by atoms with van der Waals surface area (Å²) in [5.41, 5.74) is 0. The lowest BCUT2D eigenvalue weighted by Crippen LogP contribution is -2.33. The van der Waals surface area contributed by atoms with Gasteiger partial charge in [0.05, 0.1) is 6.61 Å². The molecule has 0 atom stereocenters. The molecule has 1 amide bonds. The van der Waals surface area contributed by atoms with Gasteiger partial charge in [-0.1, -0.05) is 17.7 Å². The van der Waals surface area contributed by atoms with E-state index in [9.17, 15) is 4.79 Å². The average Bonchev–Trinajstić information content (AvgIpc) is 2.24. The van der Waals surface area contributed by atoms with Crippen molar-refractivity contribution in [2.24, 2.45) is 5.84 Å². The van der Waals surface area contributed by atoms with Gasteiger partial charge in [-0.05, 0) is 24.6 Å². The predicted octanol–water partition coefficient (Wildman–Crippen LogP) is 1.83. The SMILES string of the molecule is CN(N)C(=O)CCCOc1cccc(Cl)c1. The number of amides is 1. The van der Waals surface area contributed by atoms with Crippen molar-refractivity contribution in [1.29, 1.82) is 0 Å². The molecular weight excluding hydrogens is 228 g/mol. The summed E-state index contributed by atoms with van der Waals surface area (Å²) in [6.07, 6.45) is 1.01. The van der Waals surface area contributed by atoms with E-state index in [2.05, 4.69) is 0 Å². The number of carbonyl (C=O) groups excluding carboxylic acids is 1. The maximum absolute atomic E-state index is 11.1. The van der Waals surface area contributed by atoms with Gasteiger partial charge in [-0.15, -0.1) is 0 Å². The summed E-state index contributed by atoms with van der Waals surface area (Å²) in [4.78, 5) is 11.1. The fraction of sp³-hybridized carbons (Fsp3) is 0.364. The number of ether oxygens (including phenoxy) is 1. The van der Waals surface area contributed by atoms with Gasteiger partial charge in [0.25, 0.3) is 0 Å². The van der Waals surface area contributed by atoms with Crippen LogP contribution in [0.25, 0.3) is 0 Å². The summed E-state index contributed by atoms with van der Waals surface area (Å²) in [5, 5.41) is 1.72. The van der Waals surface area contributed by atoms with Crippen LogP contribution in [0, 0.1) is 0 Å². The number of carbonyl (C=O) groups is 1. The lowest BCUT2D eigenvalue weighted by atomic mass is 10.3. The first kappa shape index (κ1) is 12.8. The van der Waals surface area contributed by atoms with Crippen LogP contribution < -0.4 is 10.6 Å². The van der Waals surface area contributed by atoms with E-state index in [1.165, 1.54) is 7.05 Å². The van der Waals surface area contributed by atoms with E-state index in [1.807, 2.05) is 12.1 Å². The third-order valence-electron chi connectivity index (χ3n) is 1.99. The number of benzene rings is 1. The second-order valence-electron chi connectivity index (χ2n) is 3.41. The molecule has 1 aromatic rings. The van der Waals surface area contributed by atoms with Gasteiger partial charge in [-0.2, -0.15) is 0 Å². The van der Waals surface area contributed by atoms with Gasteiger partial charge in [0.1, 0.15) is 5.75 Å². The minimum atomic E-state index is -0.102. The van der Waals surface area contributed by atoms with Crippen LogP contribution in [0.2, 0.25) is 5.02 Å². The second kappa shape index (κ2) is 6.35. The van der Waals surface area contributed by atoms with E-state index in [0.717, 1.165) is 5.01 Å². The summed E-state index contributed by atoms with van der Waals surface area (Å²) < 4.78 is 5.42. The van der Waals surface area contributed by atoms with Gasteiger partial charge >= 0.3 is 0 Å². The van der Waals surface area contributed by atoms with Crippen molar-refractivity contribution >= 4 is 17.5 Å². The molecule has 0 aliphatic rings. The second-order valence-corrected chi connectivity index (χ2v) is 3.85. The molecule has 0 unspecified atom stereocenters. The van der Waals surface area contributed by atoms with Crippen LogP contribution in [-0.2, 0) is 4.79 Å². The Labute approximate surface area is 99.9 Å². The maximum atomic E-state index is 11.1. The van der Waals surface area contributed by atoms with Gasteiger partial charge in [0.2, 0.25) is 5.91 Å². The molecule has 0 radical (unpaired) electrons. The van der Waals surface area contributed by atoms with Crippen LogP contribution in [0.4, 0.5) is 0 Å². The zero-order valence-corrected chi connectivity index (χ0v) is 9.91. The molecule has 4 nitrogen and oxygen atoms in total. The zero-order valence-electron chi connectivity index (χ0n) is 9.15. The third kappa shape index (κ3) is 4.51. The first-order chi connectivity index (χ1) is 7.59. The number of halogens is 1. The van der Waals surface area contributed by atoms with Crippen molar-refractivity contribution in [2.75, 3.05) is 13.7 Å². The van der Waals surface area contributed by atoms with Crippen LogP contribution in [0.15, 0.2) is 24.3 Å². The lowest BCUT2D eigenvalue weighted by Gasteiger charge is -2.10. The molecular formula is C11H15ClN2O2. The quantitative estimate of drug-likeness (QED) is 0.371. The number of hydrogen-bond donors (Lipinski definition) is 1. The van der Waals surface area contributed by atoms with Gasteiger partial charge < -0.3 is 4.74 Å². The van der Waals surface area contributed by atoms with Gasteiger partial charge in [0, 0.05) is 18.5 Å². The fourth-order valence-electron chi connectivity index (χ4n) is 1.15. The number of nitrogens with zero attached hydrogens (tertiary/aromatic N) is 1. The van der Waals surface area contributed by atoms with Gasteiger partial charge in [-0.25, -0.2) is 5.84 Å². The van der Waals surface area contributed by atoms with E-state index in [0.29, 0.717) is 30.2 Å². The summed E-state index contributed by atoms with van der Waals surface area (Å²) in [5.74, 6) is 5.88. The summed E-state index contributed by atoms with van der Waals surface area (Å²) in [6.45, 7) is 0.472. The molecule has 0 aromatic heterocycles. The van der Waals surface area contributed by atoms with Crippen LogP contribution in [0.5, 0.6) is 5.75 Å². The topological polar surface area (TPSA) is 55.6 Å². The van der Waals surface area contributed by atoms with Crippen LogP contribution in [-0.4, -0.2) is 24.6 Å². The average molecular weight is 243 g/mol. The molecule has 0 saturated heterocycles. The van der Waals surface area contributed by atoms with Crippen molar-refractivity contribution in [2.45, 2.75) is 12.8 Å². The highest BCUT2D eigenvalue weighted by molar-refractivity contribution is 6.30. The number of hydrogen-bond acceptors (Lipinski definition) is 3. The zero-order chi connectivity index (χ0) is 12.0. The Morgan fingerprint density at radius 1 is 1.56 bits per heavy atom. The molecule has 1 aromatic carbocycles. The molecule has 2 N–H and O–H groups in total. The summed E-state index contributed by atoms with van der Waals surface area (Å²) in [7, 11) is 1.53. The molecule has 1 rings (SSSR count). The molecule has 0 heterocycles. The molecule has 0 bridgehead atoms. The molecule has 0 fully saturated rings. The monoisotopic (exact) mass is 242 g/mol. The van der Waals surface area contributed by atoms with E-state index >= 15 is 0 Å². The lowest BCUT2D eigenvalue weighted by molar-refractivity contribution is -0.130. The van der Waals surface area contributed by atoms with Gasteiger partial charge in [0.15, 0.2) is 0 Å². The van der Waals surface area contributed by atoms with E-state index in [4.69, 9.17) is 22.2 Å². The number of nitrogens with two attached hydrogens (primary N) is 1. The molecule has 0 saturated carbocycles.